The molecule has 0 fully saturated rings. The molecule has 0 aliphatic heterocycles. The van der Waals surface area contributed by atoms with Crippen LogP contribution in [-0.4, -0.2) is 27.4 Å². The maximum atomic E-state index is 2.15. The maximum absolute atomic E-state index is 2.15. The van der Waals surface area contributed by atoms with Gasteiger partial charge in [-0.15, -0.1) is 36.4 Å². The molecule has 0 saturated heterocycles. The molecule has 0 amide bonds. The summed E-state index contributed by atoms with van der Waals surface area (Å²) >= 11 is 0. The van der Waals surface area contributed by atoms with Gasteiger partial charge >= 0.3 is 35.6 Å². The van der Waals surface area contributed by atoms with Crippen molar-refractivity contribution in [1.29, 1.82) is 0 Å². The molecule has 0 N–H and O–H groups in total. The van der Waals surface area contributed by atoms with Gasteiger partial charge in [-0.05, 0) is 0 Å². The Morgan fingerprint density at radius 1 is 0.316 bits per heavy atom. The Hall–Kier alpha value is -0.105. The molecule has 0 nitrogen and oxygen atoms in total. The molecule has 0 aliphatic carbocycles. The van der Waals surface area contributed by atoms with E-state index in [0.717, 1.165) is 27.4 Å². The average molecular weight is 418 g/mol. The van der Waals surface area contributed by atoms with Crippen LogP contribution < -0.4 is 0 Å². The molecular weight excluding hydrogens is 403 g/mol. The first-order valence-electron chi connectivity index (χ1n) is 5.73. The summed E-state index contributed by atoms with van der Waals surface area (Å²) in [5.41, 5.74) is 12.9. The molecule has 3 aromatic heterocycles. The Kier molecular flexibility index (Phi) is 15.9. The van der Waals surface area contributed by atoms with E-state index in [1.807, 2.05) is 18.2 Å². The fraction of sp³-hybridized carbons (Fsp3) is 0. The van der Waals surface area contributed by atoms with Gasteiger partial charge in [0.1, 0.15) is 0 Å². The molecule has 0 unspecified atom stereocenters. The van der Waals surface area contributed by atoms with Crippen molar-refractivity contribution in [2.75, 3.05) is 0 Å². The van der Waals surface area contributed by atoms with Crippen molar-refractivity contribution in [2.45, 2.75) is 0 Å². The summed E-state index contributed by atoms with van der Waals surface area (Å²) in [5.74, 6) is 0. The van der Waals surface area contributed by atoms with Crippen LogP contribution in [0.2, 0.25) is 0 Å². The quantitative estimate of drug-likeness (QED) is 0.493. The van der Waals surface area contributed by atoms with Crippen LogP contribution in [0.25, 0.3) is 0 Å². The van der Waals surface area contributed by atoms with E-state index in [9.17, 15) is 0 Å². The molecule has 3 heterocycles. The van der Waals surface area contributed by atoms with E-state index in [4.69, 9.17) is 0 Å². The third-order valence-corrected chi connectivity index (χ3v) is 4.13. The van der Waals surface area contributed by atoms with Crippen molar-refractivity contribution in [3.63, 3.8) is 0 Å². The standard InChI is InChI=1S/3C5H5Si.La/c3*1-2-4-6-5-3-1;/h3*1-5H;/q3*-1;+3. The second-order valence-corrected chi connectivity index (χ2v) is 6.23. The van der Waals surface area contributed by atoms with Gasteiger partial charge < -0.3 is 27.4 Å². The number of hydrogen-bond donors (Lipinski definition) is 0. The fourth-order valence-electron chi connectivity index (χ4n) is 1.03. The van der Waals surface area contributed by atoms with E-state index in [0.29, 0.717) is 0 Å². The Morgan fingerprint density at radius 3 is 0.579 bits per heavy atom. The van der Waals surface area contributed by atoms with Crippen LogP contribution in [0, 0.1) is 35.6 Å². The summed E-state index contributed by atoms with van der Waals surface area (Å²) in [6.45, 7) is 0. The SMILES string of the molecule is [La+3].c1cc[si-]cc1.c1cc[si-]cc1.c1cc[si-]cc1. The Bertz CT molecular complexity index is 308. The molecule has 0 spiro atoms. The molecule has 0 radical (unpaired) electrons. The molecule has 3 rings (SSSR count). The van der Waals surface area contributed by atoms with E-state index in [2.05, 4.69) is 70.5 Å². The second kappa shape index (κ2) is 16.0. The van der Waals surface area contributed by atoms with Crippen LogP contribution in [0.4, 0.5) is 0 Å². The van der Waals surface area contributed by atoms with Gasteiger partial charge in [0.15, 0.2) is 0 Å². The summed E-state index contributed by atoms with van der Waals surface area (Å²) in [4.78, 5) is 0. The summed E-state index contributed by atoms with van der Waals surface area (Å²) in [7, 11) is 2.73. The molecular formula is C15H15LaSi3. The number of hydrogen-bond acceptors (Lipinski definition) is 0. The van der Waals surface area contributed by atoms with Gasteiger partial charge in [0.2, 0.25) is 0 Å². The van der Waals surface area contributed by atoms with Crippen LogP contribution >= 0.6 is 0 Å². The first-order valence-corrected chi connectivity index (χ1v) is 9.20. The largest absolute Gasteiger partial charge is 3.00 e. The molecule has 0 aromatic carbocycles. The van der Waals surface area contributed by atoms with E-state index in [-0.39, 0.29) is 35.6 Å². The first kappa shape index (κ1) is 18.9. The zero-order chi connectivity index (χ0) is 12.7. The van der Waals surface area contributed by atoms with Crippen LogP contribution in [0.1, 0.15) is 0 Å². The van der Waals surface area contributed by atoms with Crippen molar-refractivity contribution in [1.82, 2.24) is 0 Å². The van der Waals surface area contributed by atoms with Crippen molar-refractivity contribution in [3.05, 3.63) is 88.7 Å². The predicted octanol–water partition coefficient (Wildman–Crippen LogP) is 3.07. The molecule has 0 saturated carbocycles. The second-order valence-electron chi connectivity index (χ2n) is 3.23. The van der Waals surface area contributed by atoms with Gasteiger partial charge in [-0.1, -0.05) is 18.2 Å². The van der Waals surface area contributed by atoms with Gasteiger partial charge in [0.25, 0.3) is 0 Å². The summed E-state index contributed by atoms with van der Waals surface area (Å²) in [6.07, 6.45) is 0. The average Bonchev–Trinajstić information content (AvgIpc) is 2.54. The van der Waals surface area contributed by atoms with Crippen LogP contribution in [0.3, 0.4) is 0 Å². The predicted molar refractivity (Wildman–Crippen MR) is 83.4 cm³/mol. The minimum Gasteiger partial charge on any atom is -0.416 e. The van der Waals surface area contributed by atoms with E-state index < -0.39 is 0 Å². The van der Waals surface area contributed by atoms with E-state index in [1.165, 1.54) is 0 Å². The van der Waals surface area contributed by atoms with Crippen LogP contribution in [0.5, 0.6) is 0 Å². The molecule has 4 heteroatoms. The van der Waals surface area contributed by atoms with Crippen LogP contribution in [-0.2, 0) is 0 Å². The Morgan fingerprint density at radius 2 is 0.526 bits per heavy atom. The third-order valence-electron chi connectivity index (χ3n) is 1.82. The summed E-state index contributed by atoms with van der Waals surface area (Å²) in [5, 5.41) is 0. The van der Waals surface area contributed by atoms with Gasteiger partial charge in [0, 0.05) is 0 Å². The van der Waals surface area contributed by atoms with Crippen LogP contribution in [0.15, 0.2) is 88.7 Å². The smallest absolute Gasteiger partial charge is 0.416 e. The zero-order valence-electron chi connectivity index (χ0n) is 10.7. The van der Waals surface area contributed by atoms with Crippen molar-refractivity contribution in [3.8, 4) is 0 Å². The van der Waals surface area contributed by atoms with Gasteiger partial charge in [0.05, 0.1) is 0 Å². The molecule has 0 aliphatic rings. The van der Waals surface area contributed by atoms with Gasteiger partial charge in [-0.25, -0.2) is 0 Å². The van der Waals surface area contributed by atoms with Crippen molar-refractivity contribution < 1.29 is 35.6 Å². The van der Waals surface area contributed by atoms with Crippen molar-refractivity contribution >= 4 is 27.4 Å². The van der Waals surface area contributed by atoms with Crippen molar-refractivity contribution in [2.24, 2.45) is 0 Å². The summed E-state index contributed by atoms with van der Waals surface area (Å²) in [6, 6.07) is 18.5. The Balaban J connectivity index is 0.000000249. The number of rotatable bonds is 0. The maximum Gasteiger partial charge on any atom is 3.00 e. The molecule has 3 aromatic rings. The van der Waals surface area contributed by atoms with Gasteiger partial charge in [-0.3, -0.25) is 34.1 Å². The first-order chi connectivity index (χ1) is 9.00. The molecule has 0 atom stereocenters. The third kappa shape index (κ3) is 14.1. The molecule has 90 valence electrons. The minimum absolute atomic E-state index is 0. The monoisotopic (exact) mass is 418 g/mol. The minimum atomic E-state index is 0. The molecule has 0 bridgehead atoms. The van der Waals surface area contributed by atoms with E-state index in [1.54, 1.807) is 0 Å². The molecule has 19 heavy (non-hydrogen) atoms. The fourth-order valence-corrected chi connectivity index (χ4v) is 2.69. The van der Waals surface area contributed by atoms with E-state index >= 15 is 0 Å². The topological polar surface area (TPSA) is 0 Å². The summed E-state index contributed by atoms with van der Waals surface area (Å²) < 4.78 is 0. The normalized spacial score (nSPS) is 7.58. The zero-order valence-corrected chi connectivity index (χ0v) is 17.4. The van der Waals surface area contributed by atoms with Gasteiger partial charge in [-0.2, -0.15) is 0 Å². The Labute approximate surface area is 150 Å².